The van der Waals surface area contributed by atoms with Gasteiger partial charge in [-0.2, -0.15) is 4.31 Å². The van der Waals surface area contributed by atoms with Gasteiger partial charge in [0.25, 0.3) is 0 Å². The van der Waals surface area contributed by atoms with Crippen LogP contribution in [0, 0.1) is 19.7 Å². The number of aromatic nitrogens is 3. The number of rotatable bonds is 5. The molecule has 30 heavy (non-hydrogen) atoms. The molecule has 1 saturated heterocycles. The Kier molecular flexibility index (Phi) is 5.81. The molecule has 0 bridgehead atoms. The maximum absolute atomic E-state index is 13.5. The monoisotopic (exact) mass is 447 g/mol. The first-order valence-electron chi connectivity index (χ1n) is 9.60. The molecule has 0 atom stereocenters. The van der Waals surface area contributed by atoms with Gasteiger partial charge in [0.05, 0.1) is 16.8 Å². The molecule has 1 N–H and O–H groups in total. The third-order valence-electron chi connectivity index (χ3n) is 5.15. The number of hydrogen-bond acceptors (Lipinski definition) is 7. The fourth-order valence-corrected chi connectivity index (χ4v) is 5.71. The van der Waals surface area contributed by atoms with Crippen LogP contribution in [0.3, 0.4) is 0 Å². The number of sulfonamides is 1. The lowest BCUT2D eigenvalue weighted by Crippen LogP contribution is -2.38. The van der Waals surface area contributed by atoms with Crippen LogP contribution < -0.4 is 5.32 Å². The molecule has 10 heteroatoms. The lowest BCUT2D eigenvalue weighted by molar-refractivity contribution is 0.316. The van der Waals surface area contributed by atoms with Crippen molar-refractivity contribution in [2.24, 2.45) is 0 Å². The Morgan fingerprint density at radius 2 is 1.93 bits per heavy atom. The number of anilines is 2. The molecule has 1 aliphatic heterocycles. The Balaban J connectivity index is 1.44. The van der Waals surface area contributed by atoms with E-state index in [9.17, 15) is 12.8 Å². The molecule has 0 spiro atoms. The van der Waals surface area contributed by atoms with E-state index < -0.39 is 15.8 Å². The fourth-order valence-electron chi connectivity index (χ4n) is 3.48. The minimum absolute atomic E-state index is 0.124. The summed E-state index contributed by atoms with van der Waals surface area (Å²) in [6, 6.07) is 3.91. The average Bonchev–Trinajstić information content (AvgIpc) is 3.15. The molecule has 7 nitrogen and oxygen atoms in total. The molecule has 2 aromatic heterocycles. The van der Waals surface area contributed by atoms with Crippen molar-refractivity contribution in [3.63, 3.8) is 0 Å². The molecule has 3 heterocycles. The van der Waals surface area contributed by atoms with Gasteiger partial charge in [-0.25, -0.2) is 22.8 Å². The molecule has 4 rings (SSSR count). The molecule has 0 aliphatic carbocycles. The second-order valence-electron chi connectivity index (χ2n) is 7.32. The second kappa shape index (κ2) is 8.37. The van der Waals surface area contributed by atoms with Gasteiger partial charge >= 0.3 is 0 Å². The van der Waals surface area contributed by atoms with E-state index in [1.165, 1.54) is 33.8 Å². The van der Waals surface area contributed by atoms with Crippen LogP contribution in [0.4, 0.5) is 15.3 Å². The number of thiazole rings is 1. The normalized spacial score (nSPS) is 16.0. The van der Waals surface area contributed by atoms with Crippen molar-refractivity contribution in [2.75, 3.05) is 18.4 Å². The van der Waals surface area contributed by atoms with Crippen molar-refractivity contribution in [1.29, 1.82) is 0 Å². The highest BCUT2D eigenvalue weighted by Crippen LogP contribution is 2.31. The summed E-state index contributed by atoms with van der Waals surface area (Å²) in [6.07, 6.45) is 6.47. The molecule has 0 unspecified atom stereocenters. The molecule has 1 aromatic carbocycles. The van der Waals surface area contributed by atoms with E-state index in [1.54, 1.807) is 25.5 Å². The Hall–Kier alpha value is -2.43. The molecule has 0 saturated carbocycles. The van der Waals surface area contributed by atoms with Crippen LogP contribution in [0.2, 0.25) is 0 Å². The SMILES string of the molecule is Cc1cnc(Nc2cncc(C3CCN(S(=O)(=O)c4ccc(F)c(C)c4)CC3)n2)s1. The van der Waals surface area contributed by atoms with Crippen LogP contribution in [0.1, 0.15) is 34.9 Å². The van der Waals surface area contributed by atoms with Gasteiger partial charge in [0, 0.05) is 36.3 Å². The van der Waals surface area contributed by atoms with Gasteiger partial charge in [0.15, 0.2) is 10.9 Å². The van der Waals surface area contributed by atoms with Gasteiger partial charge in [0.2, 0.25) is 10.0 Å². The minimum atomic E-state index is -3.64. The van der Waals surface area contributed by atoms with E-state index in [2.05, 4.69) is 20.3 Å². The zero-order valence-corrected chi connectivity index (χ0v) is 18.3. The summed E-state index contributed by atoms with van der Waals surface area (Å²) in [5.41, 5.74) is 1.16. The Labute approximate surface area is 179 Å². The van der Waals surface area contributed by atoms with E-state index in [-0.39, 0.29) is 10.8 Å². The Bertz CT molecular complexity index is 1160. The molecular formula is C20H22FN5O2S2. The highest BCUT2D eigenvalue weighted by Gasteiger charge is 2.31. The number of nitrogens with zero attached hydrogens (tertiary/aromatic N) is 4. The maximum atomic E-state index is 13.5. The van der Waals surface area contributed by atoms with Crippen LogP contribution in [-0.2, 0) is 10.0 Å². The van der Waals surface area contributed by atoms with E-state index in [0.29, 0.717) is 37.3 Å². The fraction of sp³-hybridized carbons (Fsp3) is 0.350. The number of hydrogen-bond donors (Lipinski definition) is 1. The van der Waals surface area contributed by atoms with Crippen molar-refractivity contribution in [3.05, 3.63) is 58.7 Å². The Morgan fingerprint density at radius 3 is 2.60 bits per heavy atom. The van der Waals surface area contributed by atoms with Gasteiger partial charge in [-0.15, -0.1) is 11.3 Å². The standard InChI is InChI=1S/C20H22FN5O2S2/c1-13-9-16(3-4-17(13)21)30(27,28)26-7-5-15(6-8-26)18-11-22-12-19(24-18)25-20-23-10-14(2)29-20/h3-4,9-12,15H,5-8H2,1-2H3,(H,23,24,25). The van der Waals surface area contributed by atoms with Crippen molar-refractivity contribution >= 4 is 32.3 Å². The zero-order valence-electron chi connectivity index (χ0n) is 16.7. The molecule has 0 amide bonds. The average molecular weight is 448 g/mol. The van der Waals surface area contributed by atoms with Crippen LogP contribution in [0.25, 0.3) is 0 Å². The van der Waals surface area contributed by atoms with Crippen molar-refractivity contribution in [1.82, 2.24) is 19.3 Å². The second-order valence-corrected chi connectivity index (χ2v) is 10.5. The zero-order chi connectivity index (χ0) is 21.3. The van der Waals surface area contributed by atoms with Crippen LogP contribution in [-0.4, -0.2) is 40.8 Å². The summed E-state index contributed by atoms with van der Waals surface area (Å²) in [6.45, 7) is 4.32. The quantitative estimate of drug-likeness (QED) is 0.636. The summed E-state index contributed by atoms with van der Waals surface area (Å²) < 4.78 is 40.8. The number of nitrogens with one attached hydrogen (secondary N) is 1. The summed E-state index contributed by atoms with van der Waals surface area (Å²) >= 11 is 1.54. The first kappa shape index (κ1) is 20.8. The number of piperidine rings is 1. The molecule has 0 radical (unpaired) electrons. The maximum Gasteiger partial charge on any atom is 0.243 e. The predicted molar refractivity (Wildman–Crippen MR) is 114 cm³/mol. The number of benzene rings is 1. The van der Waals surface area contributed by atoms with E-state index in [1.807, 2.05) is 6.92 Å². The third-order valence-corrected chi connectivity index (χ3v) is 7.87. The van der Waals surface area contributed by atoms with Gasteiger partial charge in [-0.1, -0.05) is 0 Å². The van der Waals surface area contributed by atoms with Gasteiger partial charge < -0.3 is 5.32 Å². The predicted octanol–water partition coefficient (Wildman–Crippen LogP) is 4.00. The van der Waals surface area contributed by atoms with E-state index in [4.69, 9.17) is 0 Å². The summed E-state index contributed by atoms with van der Waals surface area (Å²) in [5.74, 6) is 0.338. The van der Waals surface area contributed by atoms with E-state index in [0.717, 1.165) is 15.7 Å². The van der Waals surface area contributed by atoms with Crippen LogP contribution in [0.5, 0.6) is 0 Å². The summed E-state index contributed by atoms with van der Waals surface area (Å²) in [7, 11) is -3.64. The summed E-state index contributed by atoms with van der Waals surface area (Å²) in [4.78, 5) is 14.4. The third kappa shape index (κ3) is 4.35. The first-order chi connectivity index (χ1) is 14.3. The molecule has 3 aromatic rings. The summed E-state index contributed by atoms with van der Waals surface area (Å²) in [5, 5.41) is 3.92. The van der Waals surface area contributed by atoms with Crippen LogP contribution >= 0.6 is 11.3 Å². The van der Waals surface area contributed by atoms with Crippen molar-refractivity contribution in [2.45, 2.75) is 37.5 Å². The lowest BCUT2D eigenvalue weighted by atomic mass is 9.95. The number of halogens is 1. The molecule has 1 aliphatic rings. The van der Waals surface area contributed by atoms with Crippen molar-refractivity contribution in [3.8, 4) is 0 Å². The highest BCUT2D eigenvalue weighted by atomic mass is 32.2. The first-order valence-corrected chi connectivity index (χ1v) is 11.9. The molecule has 158 valence electrons. The van der Waals surface area contributed by atoms with Crippen molar-refractivity contribution < 1.29 is 12.8 Å². The highest BCUT2D eigenvalue weighted by molar-refractivity contribution is 7.89. The van der Waals surface area contributed by atoms with E-state index >= 15 is 0 Å². The lowest BCUT2D eigenvalue weighted by Gasteiger charge is -2.31. The molecule has 1 fully saturated rings. The van der Waals surface area contributed by atoms with Gasteiger partial charge in [0.1, 0.15) is 5.82 Å². The smallest absolute Gasteiger partial charge is 0.243 e. The minimum Gasteiger partial charge on any atom is -0.315 e. The van der Waals surface area contributed by atoms with Gasteiger partial charge in [-0.05, 0) is 50.5 Å². The largest absolute Gasteiger partial charge is 0.315 e. The topological polar surface area (TPSA) is 88.1 Å². The number of aryl methyl sites for hydroxylation is 2. The van der Waals surface area contributed by atoms with Crippen LogP contribution in [0.15, 0.2) is 41.7 Å². The Morgan fingerprint density at radius 1 is 1.17 bits per heavy atom. The van der Waals surface area contributed by atoms with Gasteiger partial charge in [-0.3, -0.25) is 4.98 Å². The molecular weight excluding hydrogens is 425 g/mol.